The van der Waals surface area contributed by atoms with E-state index in [9.17, 15) is 13.9 Å². The fourth-order valence-electron chi connectivity index (χ4n) is 7.90. The summed E-state index contributed by atoms with van der Waals surface area (Å²) in [5.74, 6) is 0.101. The van der Waals surface area contributed by atoms with Gasteiger partial charge < -0.3 is 10.2 Å². The van der Waals surface area contributed by atoms with Crippen LogP contribution in [0.3, 0.4) is 0 Å². The second-order valence-corrected chi connectivity index (χ2v) is 10.4. The molecule has 4 aliphatic carbocycles. The third-order valence-corrected chi connectivity index (χ3v) is 9.03. The first-order valence-corrected chi connectivity index (χ1v) is 11.1. The van der Waals surface area contributed by atoms with Crippen molar-refractivity contribution in [2.24, 2.45) is 40.9 Å². The molecule has 2 N–H and O–H groups in total. The molecule has 0 radical (unpaired) electrons. The Morgan fingerprint density at radius 1 is 1.19 bits per heavy atom. The van der Waals surface area contributed by atoms with Crippen molar-refractivity contribution in [1.29, 1.82) is 0 Å². The van der Waals surface area contributed by atoms with Gasteiger partial charge in [0, 0.05) is 6.42 Å². The molecule has 0 unspecified atom stereocenters. The quantitative estimate of drug-likeness (QED) is 0.657. The van der Waals surface area contributed by atoms with Crippen LogP contribution < -0.4 is 0 Å². The number of hydrogen-bond acceptors (Lipinski definition) is 2. The van der Waals surface area contributed by atoms with Gasteiger partial charge in [-0.05, 0) is 92.3 Å². The van der Waals surface area contributed by atoms with Gasteiger partial charge in [0.1, 0.15) is 6.61 Å². The summed E-state index contributed by atoms with van der Waals surface area (Å²) in [6, 6.07) is 0. The van der Waals surface area contributed by atoms with Crippen molar-refractivity contribution in [1.82, 2.24) is 0 Å². The van der Waals surface area contributed by atoms with Gasteiger partial charge >= 0.3 is 0 Å². The lowest BCUT2D eigenvalue weighted by molar-refractivity contribution is -0.0852. The summed E-state index contributed by atoms with van der Waals surface area (Å²) < 4.78 is 27.6. The number of alkyl halides is 2. The van der Waals surface area contributed by atoms with Gasteiger partial charge in [-0.1, -0.05) is 25.5 Å². The minimum absolute atomic E-state index is 0.0433. The standard InChI is InChI=1S/C23H36F2O2/c1-14(12-23(24,25)13-26)20-7-8-21-19-5-3-15-11-16(27)4-6-17(15)18(19)9-10-22(20,21)2/h3,14,16-21,26-27H,4-13H2,1-2H3/t14-,16+,17+,18-,19-,20-,21+,22-/m1/s1. The highest BCUT2D eigenvalue weighted by atomic mass is 19.3. The lowest BCUT2D eigenvalue weighted by Crippen LogP contribution is -2.47. The van der Waals surface area contributed by atoms with Gasteiger partial charge in [0.2, 0.25) is 0 Å². The molecule has 3 fully saturated rings. The second kappa shape index (κ2) is 7.09. The van der Waals surface area contributed by atoms with Crippen molar-refractivity contribution in [3.63, 3.8) is 0 Å². The number of rotatable bonds is 4. The maximum atomic E-state index is 13.8. The summed E-state index contributed by atoms with van der Waals surface area (Å²) in [5.41, 5.74) is 1.68. The summed E-state index contributed by atoms with van der Waals surface area (Å²) in [6.45, 7) is 3.33. The molecule has 0 saturated heterocycles. The highest BCUT2D eigenvalue weighted by molar-refractivity contribution is 5.20. The first-order chi connectivity index (χ1) is 12.7. The van der Waals surface area contributed by atoms with Gasteiger partial charge in [0.15, 0.2) is 0 Å². The normalized spacial score (nSPS) is 45.5. The smallest absolute Gasteiger partial charge is 0.270 e. The lowest BCUT2D eigenvalue weighted by Gasteiger charge is -2.54. The molecule has 0 aliphatic heterocycles. The Labute approximate surface area is 162 Å². The number of allylic oxidation sites excluding steroid dienone is 1. The zero-order valence-corrected chi connectivity index (χ0v) is 16.8. The summed E-state index contributed by atoms with van der Waals surface area (Å²) in [5, 5.41) is 19.0. The van der Waals surface area contributed by atoms with Gasteiger partial charge in [-0.15, -0.1) is 0 Å². The molecule has 27 heavy (non-hydrogen) atoms. The van der Waals surface area contributed by atoms with Crippen molar-refractivity contribution in [2.45, 2.75) is 83.7 Å². The molecule has 0 aromatic carbocycles. The molecule has 2 nitrogen and oxygen atoms in total. The average Bonchev–Trinajstić information content (AvgIpc) is 2.98. The Kier molecular flexibility index (Phi) is 5.20. The van der Waals surface area contributed by atoms with Crippen molar-refractivity contribution in [3.8, 4) is 0 Å². The van der Waals surface area contributed by atoms with Crippen molar-refractivity contribution in [2.75, 3.05) is 6.61 Å². The Morgan fingerprint density at radius 3 is 2.70 bits per heavy atom. The van der Waals surface area contributed by atoms with E-state index >= 15 is 0 Å². The Bertz CT molecular complexity index is 589. The molecule has 4 heteroatoms. The fraction of sp³-hybridized carbons (Fsp3) is 0.913. The van der Waals surface area contributed by atoms with Crippen LogP contribution in [0.2, 0.25) is 0 Å². The van der Waals surface area contributed by atoms with E-state index in [0.717, 1.165) is 44.4 Å². The molecule has 0 amide bonds. The highest BCUT2D eigenvalue weighted by Crippen LogP contribution is 2.65. The van der Waals surface area contributed by atoms with Crippen LogP contribution in [0, 0.1) is 40.9 Å². The largest absolute Gasteiger partial charge is 0.393 e. The number of halogens is 2. The molecule has 8 atom stereocenters. The fourth-order valence-corrected chi connectivity index (χ4v) is 7.90. The monoisotopic (exact) mass is 382 g/mol. The van der Waals surface area contributed by atoms with E-state index < -0.39 is 12.5 Å². The topological polar surface area (TPSA) is 40.5 Å². The maximum absolute atomic E-state index is 13.8. The third kappa shape index (κ3) is 3.39. The molecule has 4 aliphatic rings. The van der Waals surface area contributed by atoms with E-state index in [-0.39, 0.29) is 23.9 Å². The first-order valence-electron chi connectivity index (χ1n) is 11.1. The van der Waals surface area contributed by atoms with Gasteiger partial charge in [0.25, 0.3) is 5.92 Å². The van der Waals surface area contributed by atoms with Gasteiger partial charge in [0.05, 0.1) is 6.10 Å². The van der Waals surface area contributed by atoms with Crippen LogP contribution in [0.15, 0.2) is 11.6 Å². The molecule has 4 rings (SSSR count). The maximum Gasteiger partial charge on any atom is 0.270 e. The predicted molar refractivity (Wildman–Crippen MR) is 102 cm³/mol. The van der Waals surface area contributed by atoms with E-state index in [2.05, 4.69) is 13.0 Å². The number of aliphatic hydroxyl groups is 2. The predicted octanol–water partition coefficient (Wildman–Crippen LogP) is 5.19. The highest BCUT2D eigenvalue weighted by Gasteiger charge is 2.57. The Hall–Kier alpha value is -0.480. The summed E-state index contributed by atoms with van der Waals surface area (Å²) in [7, 11) is 0. The average molecular weight is 383 g/mol. The molecule has 0 heterocycles. The van der Waals surface area contributed by atoms with E-state index in [1.807, 2.05) is 6.92 Å². The lowest BCUT2D eigenvalue weighted by atomic mass is 9.51. The molecular formula is C23H36F2O2. The van der Waals surface area contributed by atoms with E-state index in [4.69, 9.17) is 5.11 Å². The Morgan fingerprint density at radius 2 is 1.96 bits per heavy atom. The van der Waals surface area contributed by atoms with Crippen LogP contribution in [-0.4, -0.2) is 28.8 Å². The summed E-state index contributed by atoms with van der Waals surface area (Å²) in [4.78, 5) is 0. The van der Waals surface area contributed by atoms with Crippen LogP contribution in [0.25, 0.3) is 0 Å². The molecule has 3 saturated carbocycles. The van der Waals surface area contributed by atoms with Gasteiger partial charge in [-0.3, -0.25) is 0 Å². The van der Waals surface area contributed by atoms with Crippen LogP contribution in [0.4, 0.5) is 8.78 Å². The minimum atomic E-state index is -2.95. The summed E-state index contributed by atoms with van der Waals surface area (Å²) in [6.07, 6.45) is 10.8. The van der Waals surface area contributed by atoms with E-state index in [1.165, 1.54) is 18.4 Å². The van der Waals surface area contributed by atoms with Gasteiger partial charge in [-0.25, -0.2) is 8.78 Å². The SMILES string of the molecule is C[C@H](CC(F)(F)CO)[C@H]1CC[C@H]2[C@@H]3CC=C4C[C@@H](O)CC[C@@H]4[C@H]3CC[C@]12C. The zero-order valence-electron chi connectivity index (χ0n) is 16.8. The molecule has 0 bridgehead atoms. The van der Waals surface area contributed by atoms with Crippen LogP contribution in [0.5, 0.6) is 0 Å². The van der Waals surface area contributed by atoms with Crippen LogP contribution in [0.1, 0.15) is 71.6 Å². The van der Waals surface area contributed by atoms with Crippen molar-refractivity contribution < 1.29 is 19.0 Å². The van der Waals surface area contributed by atoms with Gasteiger partial charge in [-0.2, -0.15) is 0 Å². The minimum Gasteiger partial charge on any atom is -0.393 e. The van der Waals surface area contributed by atoms with E-state index in [1.54, 1.807) is 0 Å². The van der Waals surface area contributed by atoms with Crippen LogP contribution in [-0.2, 0) is 0 Å². The molecular weight excluding hydrogens is 346 g/mol. The molecule has 0 spiro atoms. The molecule has 0 aromatic heterocycles. The van der Waals surface area contributed by atoms with Crippen molar-refractivity contribution in [3.05, 3.63) is 11.6 Å². The number of aliphatic hydroxyl groups excluding tert-OH is 2. The number of fused-ring (bicyclic) bond motifs is 5. The number of hydrogen-bond donors (Lipinski definition) is 2. The van der Waals surface area contributed by atoms with E-state index in [0.29, 0.717) is 23.7 Å². The second-order valence-electron chi connectivity index (χ2n) is 10.4. The van der Waals surface area contributed by atoms with Crippen molar-refractivity contribution >= 4 is 0 Å². The first kappa shape index (κ1) is 19.8. The molecule has 154 valence electrons. The Balaban J connectivity index is 1.51. The zero-order chi connectivity index (χ0) is 19.4. The third-order valence-electron chi connectivity index (χ3n) is 9.03. The van der Waals surface area contributed by atoms with Crippen LogP contribution >= 0.6 is 0 Å². The summed E-state index contributed by atoms with van der Waals surface area (Å²) >= 11 is 0. The molecule has 0 aromatic rings.